The molecule has 0 amide bonds. The Bertz CT molecular complexity index is 689. The van der Waals surface area contributed by atoms with E-state index in [-0.39, 0.29) is 11.5 Å². The average molecular weight is 289 g/mol. The minimum Gasteiger partial charge on any atom is -0.422 e. The Morgan fingerprint density at radius 1 is 1.33 bits per heavy atom. The second-order valence-electron chi connectivity index (χ2n) is 5.61. The van der Waals surface area contributed by atoms with Crippen LogP contribution in [0.5, 0.6) is 0 Å². The van der Waals surface area contributed by atoms with Crippen LogP contribution < -0.4 is 10.9 Å². The first-order chi connectivity index (χ1) is 10.2. The van der Waals surface area contributed by atoms with Crippen LogP contribution in [0.15, 0.2) is 33.5 Å². The molecule has 0 radical (unpaired) electrons. The zero-order valence-electron chi connectivity index (χ0n) is 12.2. The van der Waals surface area contributed by atoms with Gasteiger partial charge in [-0.1, -0.05) is 25.1 Å². The fourth-order valence-corrected chi connectivity index (χ4v) is 3.24. The van der Waals surface area contributed by atoms with Gasteiger partial charge in [-0.3, -0.25) is 0 Å². The Labute approximate surface area is 123 Å². The van der Waals surface area contributed by atoms with Gasteiger partial charge in [0.2, 0.25) is 0 Å². The largest absolute Gasteiger partial charge is 0.422 e. The summed E-state index contributed by atoms with van der Waals surface area (Å²) in [6, 6.07) is 7.46. The van der Waals surface area contributed by atoms with Crippen molar-refractivity contribution in [3.8, 4) is 0 Å². The molecule has 1 atom stereocenters. The van der Waals surface area contributed by atoms with Gasteiger partial charge in [0, 0.05) is 5.39 Å². The van der Waals surface area contributed by atoms with Crippen LogP contribution in [0.1, 0.15) is 49.4 Å². The lowest BCUT2D eigenvalue weighted by Gasteiger charge is -2.26. The van der Waals surface area contributed by atoms with Crippen molar-refractivity contribution in [3.05, 3.63) is 45.8 Å². The number of nitrogens with one attached hydrogen (secondary N) is 1. The van der Waals surface area contributed by atoms with Gasteiger partial charge in [-0.15, -0.1) is 0 Å². The highest BCUT2D eigenvalue weighted by Crippen LogP contribution is 2.36. The van der Waals surface area contributed by atoms with Crippen molar-refractivity contribution in [3.63, 3.8) is 0 Å². The van der Waals surface area contributed by atoms with Gasteiger partial charge in [-0.25, -0.2) is 9.18 Å². The van der Waals surface area contributed by atoms with Crippen LogP contribution in [0.4, 0.5) is 4.39 Å². The first-order valence-electron chi connectivity index (χ1n) is 7.62. The van der Waals surface area contributed by atoms with Crippen LogP contribution in [-0.4, -0.2) is 13.1 Å². The summed E-state index contributed by atoms with van der Waals surface area (Å²) in [7, 11) is 0. The van der Waals surface area contributed by atoms with Crippen molar-refractivity contribution < 1.29 is 8.81 Å². The van der Waals surface area contributed by atoms with Gasteiger partial charge >= 0.3 is 5.63 Å². The molecule has 0 spiro atoms. The van der Waals surface area contributed by atoms with Crippen LogP contribution in [0.2, 0.25) is 0 Å². The van der Waals surface area contributed by atoms with Crippen LogP contribution >= 0.6 is 0 Å². The van der Waals surface area contributed by atoms with Crippen LogP contribution in [-0.2, 0) is 0 Å². The van der Waals surface area contributed by atoms with Gasteiger partial charge < -0.3 is 9.73 Å². The zero-order valence-corrected chi connectivity index (χ0v) is 12.2. The maximum Gasteiger partial charge on any atom is 0.342 e. The minimum atomic E-state index is -1.25. The summed E-state index contributed by atoms with van der Waals surface area (Å²) in [5.74, 6) is 0.222. The zero-order chi connectivity index (χ0) is 14.8. The Kier molecular flexibility index (Phi) is 4.06. The Balaban J connectivity index is 2.27. The summed E-state index contributed by atoms with van der Waals surface area (Å²) < 4.78 is 19.7. The van der Waals surface area contributed by atoms with E-state index in [1.807, 2.05) is 18.2 Å². The van der Waals surface area contributed by atoms with Gasteiger partial charge in [-0.2, -0.15) is 0 Å². The summed E-state index contributed by atoms with van der Waals surface area (Å²) in [4.78, 5) is 12.3. The lowest BCUT2D eigenvalue weighted by molar-refractivity contribution is 0.318. The summed E-state index contributed by atoms with van der Waals surface area (Å²) in [6.45, 7) is 3.56. The maximum absolute atomic E-state index is 14.4. The van der Waals surface area contributed by atoms with E-state index in [4.69, 9.17) is 4.42 Å². The molecule has 1 N–H and O–H groups in total. The van der Waals surface area contributed by atoms with E-state index in [2.05, 4.69) is 5.32 Å². The van der Waals surface area contributed by atoms with Gasteiger partial charge in [-0.05, 0) is 49.9 Å². The highest BCUT2D eigenvalue weighted by molar-refractivity contribution is 5.82. The molecule has 112 valence electrons. The first kappa shape index (κ1) is 14.3. The number of para-hydroxylation sites is 1. The van der Waals surface area contributed by atoms with E-state index in [1.165, 1.54) is 0 Å². The number of benzene rings is 1. The van der Waals surface area contributed by atoms with Crippen LogP contribution in [0.25, 0.3) is 11.0 Å². The predicted molar refractivity (Wildman–Crippen MR) is 81.5 cm³/mol. The topological polar surface area (TPSA) is 42.2 Å². The van der Waals surface area contributed by atoms with Crippen molar-refractivity contribution in [1.29, 1.82) is 0 Å². The normalized spacial score (nSPS) is 18.0. The molecule has 21 heavy (non-hydrogen) atoms. The van der Waals surface area contributed by atoms with E-state index in [0.717, 1.165) is 36.9 Å². The third-order valence-corrected chi connectivity index (χ3v) is 4.31. The predicted octanol–water partition coefficient (Wildman–Crippen LogP) is 3.68. The van der Waals surface area contributed by atoms with Crippen molar-refractivity contribution in [2.24, 2.45) is 0 Å². The van der Waals surface area contributed by atoms with E-state index in [9.17, 15) is 9.18 Å². The van der Waals surface area contributed by atoms with Crippen LogP contribution in [0.3, 0.4) is 0 Å². The van der Waals surface area contributed by atoms with Gasteiger partial charge in [0.25, 0.3) is 0 Å². The van der Waals surface area contributed by atoms with Gasteiger partial charge in [0.1, 0.15) is 11.8 Å². The van der Waals surface area contributed by atoms with Crippen molar-refractivity contribution in [1.82, 2.24) is 5.32 Å². The van der Waals surface area contributed by atoms with E-state index < -0.39 is 11.8 Å². The van der Waals surface area contributed by atoms with Gasteiger partial charge in [0.15, 0.2) is 0 Å². The number of hydrogen-bond acceptors (Lipinski definition) is 3. The second-order valence-corrected chi connectivity index (χ2v) is 5.61. The third-order valence-electron chi connectivity index (χ3n) is 4.31. The quantitative estimate of drug-likeness (QED) is 0.876. The molecule has 1 fully saturated rings. The molecular formula is C17H20FNO2. The molecular weight excluding hydrogens is 269 g/mol. The lowest BCUT2D eigenvalue weighted by Crippen LogP contribution is -2.28. The Morgan fingerprint density at radius 2 is 2.05 bits per heavy atom. The smallest absolute Gasteiger partial charge is 0.342 e. The molecule has 1 aromatic heterocycles. The molecule has 1 aliphatic rings. The molecule has 2 aromatic rings. The molecule has 3 nitrogen and oxygen atoms in total. The van der Waals surface area contributed by atoms with E-state index in [0.29, 0.717) is 12.0 Å². The fraction of sp³-hybridized carbons (Fsp3) is 0.471. The third kappa shape index (κ3) is 2.60. The second kappa shape index (κ2) is 5.98. The average Bonchev–Trinajstić information content (AvgIpc) is 2.53. The molecule has 1 saturated heterocycles. The molecule has 1 aliphatic heterocycles. The van der Waals surface area contributed by atoms with Gasteiger partial charge in [0.05, 0.1) is 5.56 Å². The summed E-state index contributed by atoms with van der Waals surface area (Å²) in [6.07, 6.45) is 0.894. The maximum atomic E-state index is 14.4. The summed E-state index contributed by atoms with van der Waals surface area (Å²) in [5.41, 5.74) is 1.15. The fourth-order valence-electron chi connectivity index (χ4n) is 3.24. The number of hydrogen-bond donors (Lipinski definition) is 1. The van der Waals surface area contributed by atoms with Crippen LogP contribution in [0, 0.1) is 0 Å². The van der Waals surface area contributed by atoms with Crippen molar-refractivity contribution in [2.75, 3.05) is 13.1 Å². The van der Waals surface area contributed by atoms with Crippen molar-refractivity contribution >= 4 is 11.0 Å². The first-order valence-corrected chi connectivity index (χ1v) is 7.62. The molecule has 1 unspecified atom stereocenters. The SMILES string of the molecule is CCC(F)c1c(C2CCNCC2)c2ccccc2oc1=O. The molecule has 0 bridgehead atoms. The highest BCUT2D eigenvalue weighted by Gasteiger charge is 2.27. The molecule has 0 aliphatic carbocycles. The number of alkyl halides is 1. The molecule has 2 heterocycles. The minimum absolute atomic E-state index is 0.222. The summed E-state index contributed by atoms with van der Waals surface area (Å²) in [5, 5.41) is 4.20. The number of rotatable bonds is 3. The Hall–Kier alpha value is -1.68. The van der Waals surface area contributed by atoms with Crippen molar-refractivity contribution in [2.45, 2.75) is 38.3 Å². The molecule has 0 saturated carbocycles. The standard InChI is InChI=1S/C17H20FNO2/c1-2-13(18)16-15(11-7-9-19-10-8-11)12-5-3-4-6-14(12)21-17(16)20/h3-6,11,13,19H,2,7-10H2,1H3. The summed E-state index contributed by atoms with van der Waals surface area (Å²) >= 11 is 0. The number of fused-ring (bicyclic) bond motifs is 1. The monoisotopic (exact) mass is 289 g/mol. The highest BCUT2D eigenvalue weighted by atomic mass is 19.1. The molecule has 1 aromatic carbocycles. The molecule has 4 heteroatoms. The Morgan fingerprint density at radius 3 is 2.76 bits per heavy atom. The number of piperidine rings is 1. The van der Waals surface area contributed by atoms with E-state index >= 15 is 0 Å². The molecule has 3 rings (SSSR count). The number of halogens is 1. The lowest BCUT2D eigenvalue weighted by atomic mass is 9.84. The van der Waals surface area contributed by atoms with E-state index in [1.54, 1.807) is 13.0 Å².